The van der Waals surface area contributed by atoms with Crippen molar-refractivity contribution in [1.82, 2.24) is 14.6 Å². The Morgan fingerprint density at radius 2 is 1.75 bits per heavy atom. The largest absolute Gasteiger partial charge is 0.246 e. The molecule has 4 heteroatoms. The van der Waals surface area contributed by atoms with Crippen LogP contribution in [0.5, 0.6) is 0 Å². The number of hydrogen-bond acceptors (Lipinski definition) is 3. The predicted octanol–water partition coefficient (Wildman–Crippen LogP) is 6.15. The Morgan fingerprint density at radius 3 is 2.64 bits per heavy atom. The molecule has 0 N–H and O–H groups in total. The molecule has 0 aliphatic carbocycles. The van der Waals surface area contributed by atoms with Crippen LogP contribution in [0.3, 0.4) is 0 Å². The Bertz CT molecular complexity index is 1270. The lowest BCUT2D eigenvalue weighted by molar-refractivity contribution is 0.921. The minimum absolute atomic E-state index is 0.891. The summed E-state index contributed by atoms with van der Waals surface area (Å²) in [4.78, 5) is 4.61. The monoisotopic (exact) mass is 381 g/mol. The Balaban J connectivity index is 1.53. The fourth-order valence-electron chi connectivity index (χ4n) is 3.43. The summed E-state index contributed by atoms with van der Waals surface area (Å²) in [5.74, 6) is 0.891. The second-order valence-corrected chi connectivity index (χ2v) is 7.86. The molecule has 0 radical (unpaired) electrons. The van der Waals surface area contributed by atoms with Gasteiger partial charge in [0.1, 0.15) is 5.03 Å². The smallest absolute Gasteiger partial charge is 0.122 e. The average Bonchev–Trinajstić information content (AvgIpc) is 3.18. The van der Waals surface area contributed by atoms with E-state index in [1.165, 1.54) is 21.9 Å². The lowest BCUT2D eigenvalue weighted by Gasteiger charge is -2.03. The van der Waals surface area contributed by atoms with Crippen molar-refractivity contribution >= 4 is 28.1 Å². The van der Waals surface area contributed by atoms with E-state index in [1.807, 2.05) is 16.9 Å². The van der Waals surface area contributed by atoms with Crippen molar-refractivity contribution < 1.29 is 0 Å². The van der Waals surface area contributed by atoms with Crippen LogP contribution in [0.1, 0.15) is 11.1 Å². The Hall–Kier alpha value is -3.11. The third-order valence-electron chi connectivity index (χ3n) is 4.92. The number of thioether (sulfide) groups is 1. The van der Waals surface area contributed by atoms with Crippen LogP contribution < -0.4 is 0 Å². The number of nitrogens with zero attached hydrogens (tertiary/aromatic N) is 3. The average molecular weight is 382 g/mol. The van der Waals surface area contributed by atoms with Crippen molar-refractivity contribution in [3.63, 3.8) is 0 Å². The van der Waals surface area contributed by atoms with Crippen molar-refractivity contribution in [1.29, 1.82) is 0 Å². The molecule has 3 aromatic carbocycles. The molecule has 2 heterocycles. The van der Waals surface area contributed by atoms with Gasteiger partial charge in [0.25, 0.3) is 0 Å². The number of rotatable bonds is 4. The van der Waals surface area contributed by atoms with Gasteiger partial charge in [-0.2, -0.15) is 5.10 Å². The third-order valence-corrected chi connectivity index (χ3v) is 5.98. The molecular weight excluding hydrogens is 362 g/mol. The first-order valence-electron chi connectivity index (χ1n) is 9.29. The van der Waals surface area contributed by atoms with Gasteiger partial charge < -0.3 is 0 Å². The van der Waals surface area contributed by atoms with Crippen molar-refractivity contribution in [2.45, 2.75) is 17.7 Å². The van der Waals surface area contributed by atoms with Gasteiger partial charge in [0.15, 0.2) is 0 Å². The maximum Gasteiger partial charge on any atom is 0.122 e. The highest BCUT2D eigenvalue weighted by Crippen LogP contribution is 2.31. The van der Waals surface area contributed by atoms with E-state index in [0.29, 0.717) is 0 Å². The first-order valence-corrected chi connectivity index (χ1v) is 10.3. The van der Waals surface area contributed by atoms with E-state index in [-0.39, 0.29) is 0 Å². The fraction of sp³-hybridized carbons (Fsp3) is 0.0833. The zero-order valence-corrected chi connectivity index (χ0v) is 16.4. The van der Waals surface area contributed by atoms with Gasteiger partial charge in [-0.25, -0.2) is 9.50 Å². The molecule has 0 unspecified atom stereocenters. The highest BCUT2D eigenvalue weighted by Gasteiger charge is 2.11. The van der Waals surface area contributed by atoms with Crippen molar-refractivity contribution in [3.8, 4) is 11.3 Å². The standard InChI is InChI=1S/C24H19N3S/c1-17-9-11-18(12-10-17)16-28-24-23-15-22(26-27(23)14-13-25-24)21-8-4-6-19-5-2-3-7-20(19)21/h2-15H,16H2,1H3. The first kappa shape index (κ1) is 17.0. The summed E-state index contributed by atoms with van der Waals surface area (Å²) >= 11 is 1.75. The molecule has 28 heavy (non-hydrogen) atoms. The zero-order chi connectivity index (χ0) is 18.9. The Labute approximate surface area is 168 Å². The van der Waals surface area contributed by atoms with E-state index >= 15 is 0 Å². The van der Waals surface area contributed by atoms with Gasteiger partial charge in [-0.15, -0.1) is 0 Å². The van der Waals surface area contributed by atoms with Crippen LogP contribution in [0, 0.1) is 6.92 Å². The first-order chi connectivity index (χ1) is 13.8. The van der Waals surface area contributed by atoms with Gasteiger partial charge in [0.2, 0.25) is 0 Å². The van der Waals surface area contributed by atoms with E-state index in [4.69, 9.17) is 5.10 Å². The van der Waals surface area contributed by atoms with Gasteiger partial charge in [0, 0.05) is 23.7 Å². The molecule has 0 bridgehead atoms. The van der Waals surface area contributed by atoms with Crippen LogP contribution >= 0.6 is 11.8 Å². The molecule has 0 fully saturated rings. The minimum atomic E-state index is 0.891. The summed E-state index contributed by atoms with van der Waals surface area (Å²) < 4.78 is 1.93. The second kappa shape index (κ2) is 7.13. The third kappa shape index (κ3) is 3.16. The molecule has 2 aromatic heterocycles. The number of hydrogen-bond donors (Lipinski definition) is 0. The van der Waals surface area contributed by atoms with Crippen LogP contribution in [0.15, 0.2) is 90.2 Å². The summed E-state index contributed by atoms with van der Waals surface area (Å²) in [5.41, 5.74) is 5.75. The highest BCUT2D eigenvalue weighted by atomic mass is 32.2. The molecule has 136 valence electrons. The molecule has 0 spiro atoms. The van der Waals surface area contributed by atoms with Gasteiger partial charge in [-0.05, 0) is 29.3 Å². The molecule has 0 aliphatic heterocycles. The van der Waals surface area contributed by atoms with E-state index in [0.717, 1.165) is 27.6 Å². The van der Waals surface area contributed by atoms with Crippen LogP contribution in [0.25, 0.3) is 27.5 Å². The summed E-state index contributed by atoms with van der Waals surface area (Å²) in [5, 5.41) is 8.27. The molecule has 3 nitrogen and oxygen atoms in total. The topological polar surface area (TPSA) is 30.2 Å². The Kier molecular flexibility index (Phi) is 4.34. The molecule has 0 saturated carbocycles. The van der Waals surface area contributed by atoms with Gasteiger partial charge in [0.05, 0.1) is 11.2 Å². The van der Waals surface area contributed by atoms with E-state index in [1.54, 1.807) is 11.8 Å². The molecule has 5 aromatic rings. The molecule has 0 saturated heterocycles. The molecule has 5 rings (SSSR count). The van der Waals surface area contributed by atoms with E-state index < -0.39 is 0 Å². The summed E-state index contributed by atoms with van der Waals surface area (Å²) in [6.07, 6.45) is 3.74. The molecule has 0 atom stereocenters. The number of aryl methyl sites for hydroxylation is 1. The van der Waals surface area contributed by atoms with Crippen molar-refractivity contribution in [2.24, 2.45) is 0 Å². The summed E-state index contributed by atoms with van der Waals surface area (Å²) in [6.45, 7) is 2.11. The Morgan fingerprint density at radius 1 is 0.929 bits per heavy atom. The molecular formula is C24H19N3S. The van der Waals surface area contributed by atoms with Crippen molar-refractivity contribution in [2.75, 3.05) is 0 Å². The highest BCUT2D eigenvalue weighted by molar-refractivity contribution is 7.98. The normalized spacial score (nSPS) is 11.3. The maximum atomic E-state index is 4.82. The fourth-order valence-corrected chi connectivity index (χ4v) is 4.36. The SMILES string of the molecule is Cc1ccc(CSc2nccn3nc(-c4cccc5ccccc45)cc23)cc1. The molecule has 0 aliphatic rings. The van der Waals surface area contributed by atoms with Crippen LogP contribution in [-0.2, 0) is 5.75 Å². The predicted molar refractivity (Wildman–Crippen MR) is 117 cm³/mol. The zero-order valence-electron chi connectivity index (χ0n) is 15.5. The number of aromatic nitrogens is 3. The van der Waals surface area contributed by atoms with E-state index in [2.05, 4.69) is 84.7 Å². The second-order valence-electron chi connectivity index (χ2n) is 6.89. The van der Waals surface area contributed by atoms with Crippen LogP contribution in [-0.4, -0.2) is 14.6 Å². The quantitative estimate of drug-likeness (QED) is 0.350. The maximum absolute atomic E-state index is 4.82. The lowest BCUT2D eigenvalue weighted by Crippen LogP contribution is -1.91. The van der Waals surface area contributed by atoms with Crippen molar-refractivity contribution in [3.05, 3.63) is 96.3 Å². The van der Waals surface area contributed by atoms with E-state index in [9.17, 15) is 0 Å². The van der Waals surface area contributed by atoms with Gasteiger partial charge in [-0.3, -0.25) is 0 Å². The van der Waals surface area contributed by atoms with Gasteiger partial charge >= 0.3 is 0 Å². The number of fused-ring (bicyclic) bond motifs is 2. The molecule has 0 amide bonds. The van der Waals surface area contributed by atoms with Crippen LogP contribution in [0.4, 0.5) is 0 Å². The minimum Gasteiger partial charge on any atom is -0.246 e. The van der Waals surface area contributed by atoms with Crippen LogP contribution in [0.2, 0.25) is 0 Å². The van der Waals surface area contributed by atoms with Gasteiger partial charge in [-0.1, -0.05) is 84.1 Å². The summed E-state index contributed by atoms with van der Waals surface area (Å²) in [7, 11) is 0. The lowest BCUT2D eigenvalue weighted by atomic mass is 10.0. The number of benzene rings is 3. The summed E-state index contributed by atoms with van der Waals surface area (Å²) in [6, 6.07) is 25.6.